The maximum absolute atomic E-state index is 12.4. The maximum atomic E-state index is 12.4. The summed E-state index contributed by atoms with van der Waals surface area (Å²) in [4.78, 5) is 12.4. The second-order valence-corrected chi connectivity index (χ2v) is 5.82. The topological polar surface area (TPSA) is 50.4 Å². The summed E-state index contributed by atoms with van der Waals surface area (Å²) >= 11 is 0. The van der Waals surface area contributed by atoms with Crippen LogP contribution in [-0.2, 0) is 9.53 Å². The fraction of sp³-hybridized carbons (Fsp3) is 0.929. The van der Waals surface area contributed by atoms with Gasteiger partial charge in [0.25, 0.3) is 0 Å². The number of rotatable bonds is 2. The van der Waals surface area contributed by atoms with Crippen molar-refractivity contribution in [3.05, 3.63) is 0 Å². The molecule has 0 aromatic rings. The first-order chi connectivity index (χ1) is 8.59. The molecule has 5 atom stereocenters. The Labute approximate surface area is 110 Å². The Morgan fingerprint density at radius 2 is 1.94 bits per heavy atom. The number of ether oxygens (including phenoxy) is 1. The number of hydrogen-bond acceptors (Lipinski definition) is 3. The van der Waals surface area contributed by atoms with Crippen molar-refractivity contribution in [2.75, 3.05) is 13.1 Å². The van der Waals surface area contributed by atoms with Crippen LogP contribution in [-0.4, -0.2) is 37.2 Å². The van der Waals surface area contributed by atoms with E-state index in [9.17, 15) is 4.79 Å². The molecule has 0 spiro atoms. The summed E-state index contributed by atoms with van der Waals surface area (Å²) < 4.78 is 5.75. The Balaban J connectivity index is 1.90. The van der Waals surface area contributed by atoms with Gasteiger partial charge in [-0.3, -0.25) is 4.79 Å². The van der Waals surface area contributed by atoms with Crippen LogP contribution in [0.3, 0.4) is 0 Å². The van der Waals surface area contributed by atoms with Gasteiger partial charge in [0.15, 0.2) is 0 Å². The normalized spacial score (nSPS) is 41.4. The molecule has 1 amide bonds. The molecule has 0 aliphatic carbocycles. The van der Waals surface area contributed by atoms with Crippen LogP contribution in [0, 0.1) is 11.8 Å². The Kier molecular flexibility index (Phi) is 4.62. The van der Waals surface area contributed by atoms with Gasteiger partial charge in [-0.05, 0) is 52.1 Å². The quantitative estimate of drug-likeness (QED) is 0.781. The van der Waals surface area contributed by atoms with Gasteiger partial charge in [-0.1, -0.05) is 6.92 Å². The minimum Gasteiger partial charge on any atom is -0.374 e. The van der Waals surface area contributed by atoms with E-state index < -0.39 is 0 Å². The molecule has 18 heavy (non-hydrogen) atoms. The molecule has 0 saturated carbocycles. The zero-order valence-electron chi connectivity index (χ0n) is 11.7. The minimum absolute atomic E-state index is 0.0104. The average Bonchev–Trinajstić information content (AvgIpc) is 2.52. The van der Waals surface area contributed by atoms with E-state index in [2.05, 4.69) is 24.5 Å². The van der Waals surface area contributed by atoms with E-state index in [1.807, 2.05) is 6.92 Å². The molecule has 2 rings (SSSR count). The summed E-state index contributed by atoms with van der Waals surface area (Å²) in [5, 5.41) is 6.59. The van der Waals surface area contributed by atoms with Crippen molar-refractivity contribution in [3.8, 4) is 0 Å². The third-order valence-electron chi connectivity index (χ3n) is 4.47. The highest BCUT2D eigenvalue weighted by atomic mass is 16.5. The lowest BCUT2D eigenvalue weighted by Gasteiger charge is -2.22. The molecule has 2 aliphatic heterocycles. The number of carbonyl (C=O) groups is 1. The van der Waals surface area contributed by atoms with Crippen LogP contribution in [0.1, 0.15) is 40.0 Å². The van der Waals surface area contributed by atoms with Gasteiger partial charge < -0.3 is 15.4 Å². The number of carbonyl (C=O) groups excluding carboxylic acids is 1. The van der Waals surface area contributed by atoms with Gasteiger partial charge in [0, 0.05) is 6.04 Å². The van der Waals surface area contributed by atoms with Gasteiger partial charge in [0.2, 0.25) is 5.91 Å². The van der Waals surface area contributed by atoms with Crippen molar-refractivity contribution >= 4 is 5.91 Å². The first-order valence-corrected chi connectivity index (χ1v) is 7.26. The molecule has 0 bridgehead atoms. The summed E-state index contributed by atoms with van der Waals surface area (Å²) in [6, 6.07) is 0.336. The van der Waals surface area contributed by atoms with Crippen LogP contribution in [0.2, 0.25) is 0 Å². The van der Waals surface area contributed by atoms with Crippen LogP contribution >= 0.6 is 0 Å². The van der Waals surface area contributed by atoms with E-state index in [4.69, 9.17) is 4.74 Å². The van der Waals surface area contributed by atoms with Crippen LogP contribution in [0.15, 0.2) is 0 Å². The summed E-state index contributed by atoms with van der Waals surface area (Å²) in [5.41, 5.74) is 0. The Bertz CT molecular complexity index is 288. The lowest BCUT2D eigenvalue weighted by atomic mass is 9.88. The molecule has 0 radical (unpaired) electrons. The molecule has 0 aromatic carbocycles. The molecule has 2 N–H and O–H groups in total. The molecular weight excluding hydrogens is 228 g/mol. The van der Waals surface area contributed by atoms with Crippen molar-refractivity contribution in [3.63, 3.8) is 0 Å². The van der Waals surface area contributed by atoms with Gasteiger partial charge in [-0.2, -0.15) is 0 Å². The summed E-state index contributed by atoms with van der Waals surface area (Å²) in [5.74, 6) is 0.506. The highest BCUT2D eigenvalue weighted by molar-refractivity contribution is 5.80. The zero-order chi connectivity index (χ0) is 13.1. The molecule has 2 heterocycles. The predicted octanol–water partition coefficient (Wildman–Crippen LogP) is 1.30. The second-order valence-electron chi connectivity index (χ2n) is 5.82. The van der Waals surface area contributed by atoms with Gasteiger partial charge in [-0.15, -0.1) is 0 Å². The largest absolute Gasteiger partial charge is 0.374 e. The smallest absolute Gasteiger partial charge is 0.226 e. The summed E-state index contributed by atoms with van der Waals surface area (Å²) in [7, 11) is 0. The number of nitrogens with one attached hydrogen (secondary N) is 2. The number of hydrogen-bond donors (Lipinski definition) is 2. The average molecular weight is 254 g/mol. The second kappa shape index (κ2) is 6.02. The van der Waals surface area contributed by atoms with Gasteiger partial charge in [0.05, 0.1) is 18.1 Å². The minimum atomic E-state index is 0.0104. The van der Waals surface area contributed by atoms with Crippen molar-refractivity contribution in [1.29, 1.82) is 0 Å². The Morgan fingerprint density at radius 3 is 2.61 bits per heavy atom. The molecule has 2 saturated heterocycles. The number of amides is 1. The van der Waals surface area contributed by atoms with E-state index in [-0.39, 0.29) is 24.0 Å². The summed E-state index contributed by atoms with van der Waals surface area (Å²) in [6.07, 6.45) is 3.50. The first-order valence-electron chi connectivity index (χ1n) is 7.26. The van der Waals surface area contributed by atoms with Crippen LogP contribution in [0.25, 0.3) is 0 Å². The van der Waals surface area contributed by atoms with Gasteiger partial charge >= 0.3 is 0 Å². The molecule has 2 aliphatic rings. The third-order valence-corrected chi connectivity index (χ3v) is 4.47. The summed E-state index contributed by atoms with van der Waals surface area (Å²) in [6.45, 7) is 8.27. The standard InChI is InChI=1S/C14H26N2O2/c1-9-10(2)18-11(3)13(9)14(17)16-12-5-4-7-15-8-6-12/h9-13,15H,4-8H2,1-3H3,(H,16,17). The van der Waals surface area contributed by atoms with E-state index >= 15 is 0 Å². The molecular formula is C14H26N2O2. The van der Waals surface area contributed by atoms with Gasteiger partial charge in [0.1, 0.15) is 0 Å². The Hall–Kier alpha value is -0.610. The van der Waals surface area contributed by atoms with Crippen molar-refractivity contribution in [2.45, 2.75) is 58.3 Å². The van der Waals surface area contributed by atoms with Crippen LogP contribution < -0.4 is 10.6 Å². The molecule has 0 aromatic heterocycles. The highest BCUT2D eigenvalue weighted by Gasteiger charge is 2.41. The maximum Gasteiger partial charge on any atom is 0.226 e. The monoisotopic (exact) mass is 254 g/mol. The lowest BCUT2D eigenvalue weighted by molar-refractivity contribution is -0.128. The fourth-order valence-electron chi connectivity index (χ4n) is 3.18. The first kappa shape index (κ1) is 13.8. The van der Waals surface area contributed by atoms with E-state index in [1.165, 1.54) is 0 Å². The molecule has 5 unspecified atom stereocenters. The molecule has 2 fully saturated rings. The lowest BCUT2D eigenvalue weighted by Crippen LogP contribution is -2.43. The van der Waals surface area contributed by atoms with Crippen molar-refractivity contribution < 1.29 is 9.53 Å². The highest BCUT2D eigenvalue weighted by Crippen LogP contribution is 2.32. The van der Waals surface area contributed by atoms with E-state index in [0.717, 1.165) is 32.4 Å². The Morgan fingerprint density at radius 1 is 1.17 bits per heavy atom. The molecule has 4 heteroatoms. The van der Waals surface area contributed by atoms with Crippen LogP contribution in [0.4, 0.5) is 0 Å². The zero-order valence-corrected chi connectivity index (χ0v) is 11.7. The molecule has 104 valence electrons. The van der Waals surface area contributed by atoms with Crippen molar-refractivity contribution in [2.24, 2.45) is 11.8 Å². The molecule has 4 nitrogen and oxygen atoms in total. The third kappa shape index (κ3) is 3.04. The van der Waals surface area contributed by atoms with Gasteiger partial charge in [-0.25, -0.2) is 0 Å². The van der Waals surface area contributed by atoms with E-state index in [0.29, 0.717) is 12.0 Å². The SMILES string of the molecule is CC1OC(C)C(C(=O)NC2CCCNCC2)C1C. The predicted molar refractivity (Wildman–Crippen MR) is 71.3 cm³/mol. The van der Waals surface area contributed by atoms with Crippen LogP contribution in [0.5, 0.6) is 0 Å². The van der Waals surface area contributed by atoms with Crippen molar-refractivity contribution in [1.82, 2.24) is 10.6 Å². The van der Waals surface area contributed by atoms with E-state index in [1.54, 1.807) is 0 Å². The fourth-order valence-corrected chi connectivity index (χ4v) is 3.18.